The van der Waals surface area contributed by atoms with Gasteiger partial charge in [0.1, 0.15) is 6.04 Å². The molecule has 0 saturated carbocycles. The number of hydrogen-bond donors (Lipinski definition) is 1. The molecule has 8 nitrogen and oxygen atoms in total. The summed E-state index contributed by atoms with van der Waals surface area (Å²) in [6.07, 6.45) is 0.953. The van der Waals surface area contributed by atoms with Crippen LogP contribution in [0.15, 0.2) is 42.5 Å². The number of non-ortho nitro benzene ring substituents is 1. The van der Waals surface area contributed by atoms with Crippen molar-refractivity contribution in [1.29, 1.82) is 0 Å². The van der Waals surface area contributed by atoms with Gasteiger partial charge in [0.05, 0.1) is 16.9 Å². The summed E-state index contributed by atoms with van der Waals surface area (Å²) in [7, 11) is -3.88. The largest absolute Gasteiger partial charge is 0.350 e. The van der Waals surface area contributed by atoms with Gasteiger partial charge >= 0.3 is 0 Å². The normalized spacial score (nSPS) is 12.3. The van der Waals surface area contributed by atoms with Crippen LogP contribution in [0.5, 0.6) is 0 Å². The third kappa shape index (κ3) is 5.20. The van der Waals surface area contributed by atoms with Crippen LogP contribution in [-0.2, 0) is 21.4 Å². The Bertz CT molecular complexity index is 993. The summed E-state index contributed by atoms with van der Waals surface area (Å²) >= 11 is 5.83. The number of carbonyl (C=O) groups is 1. The monoisotopic (exact) mass is 425 g/mol. The predicted molar refractivity (Wildman–Crippen MR) is 108 cm³/mol. The standard InChI is InChI=1S/C18H20ClN3O5S/c1-12-4-9-16(22(24)25)10-17(12)21(28(3,26)27)13(2)18(23)20-11-14-5-7-15(19)8-6-14/h4-10,13H,11H2,1-3H3,(H,20,23)/t13-/m0/s1. The lowest BCUT2D eigenvalue weighted by Crippen LogP contribution is -2.48. The summed E-state index contributed by atoms with van der Waals surface area (Å²) in [4.78, 5) is 23.1. The second-order valence-electron chi connectivity index (χ2n) is 6.31. The number of nitrogens with one attached hydrogen (secondary N) is 1. The van der Waals surface area contributed by atoms with Gasteiger partial charge in [-0.15, -0.1) is 0 Å². The van der Waals surface area contributed by atoms with Gasteiger partial charge in [0, 0.05) is 23.7 Å². The molecule has 0 spiro atoms. The van der Waals surface area contributed by atoms with Gasteiger partial charge in [0.15, 0.2) is 0 Å². The molecule has 150 valence electrons. The highest BCUT2D eigenvalue weighted by atomic mass is 35.5. The lowest BCUT2D eigenvalue weighted by Gasteiger charge is -2.29. The average Bonchev–Trinajstić information content (AvgIpc) is 2.61. The fraction of sp³-hybridized carbons (Fsp3) is 0.278. The first-order valence-electron chi connectivity index (χ1n) is 8.27. The van der Waals surface area contributed by atoms with Crippen LogP contribution in [0.1, 0.15) is 18.1 Å². The molecule has 1 amide bonds. The molecule has 0 aliphatic carbocycles. The highest BCUT2D eigenvalue weighted by Crippen LogP contribution is 2.29. The second kappa shape index (κ2) is 8.57. The van der Waals surface area contributed by atoms with Crippen molar-refractivity contribution in [2.45, 2.75) is 26.4 Å². The Morgan fingerprint density at radius 3 is 2.39 bits per heavy atom. The average molecular weight is 426 g/mol. The maximum atomic E-state index is 12.6. The van der Waals surface area contributed by atoms with E-state index in [1.54, 1.807) is 31.2 Å². The molecule has 1 atom stereocenters. The molecule has 1 N–H and O–H groups in total. The number of halogens is 1. The van der Waals surface area contributed by atoms with Gasteiger partial charge in [0.25, 0.3) is 5.69 Å². The van der Waals surface area contributed by atoms with Crippen molar-refractivity contribution in [3.63, 3.8) is 0 Å². The number of nitrogens with zero attached hydrogens (tertiary/aromatic N) is 2. The van der Waals surface area contributed by atoms with Gasteiger partial charge in [-0.05, 0) is 37.1 Å². The molecule has 0 bridgehead atoms. The molecule has 28 heavy (non-hydrogen) atoms. The first-order chi connectivity index (χ1) is 13.0. The highest BCUT2D eigenvalue weighted by molar-refractivity contribution is 7.92. The molecular weight excluding hydrogens is 406 g/mol. The summed E-state index contributed by atoms with van der Waals surface area (Å²) in [6.45, 7) is 3.23. The number of sulfonamides is 1. The summed E-state index contributed by atoms with van der Waals surface area (Å²) < 4.78 is 25.7. The maximum Gasteiger partial charge on any atom is 0.271 e. The summed E-state index contributed by atoms with van der Waals surface area (Å²) in [5.74, 6) is -0.536. The van der Waals surface area contributed by atoms with Crippen LogP contribution in [0.25, 0.3) is 0 Å². The van der Waals surface area contributed by atoms with Crippen molar-refractivity contribution in [3.8, 4) is 0 Å². The Hall–Kier alpha value is -2.65. The Balaban J connectivity index is 2.30. The number of anilines is 1. The first-order valence-corrected chi connectivity index (χ1v) is 10.5. The number of hydrogen-bond acceptors (Lipinski definition) is 5. The summed E-state index contributed by atoms with van der Waals surface area (Å²) in [5.41, 5.74) is 1.12. The molecule has 10 heteroatoms. The zero-order chi connectivity index (χ0) is 21.1. The number of rotatable bonds is 7. The lowest BCUT2D eigenvalue weighted by molar-refractivity contribution is -0.384. The van der Waals surface area contributed by atoms with Crippen molar-refractivity contribution in [3.05, 3.63) is 68.7 Å². The maximum absolute atomic E-state index is 12.6. The molecule has 0 aromatic heterocycles. The minimum Gasteiger partial charge on any atom is -0.350 e. The van der Waals surface area contributed by atoms with E-state index in [-0.39, 0.29) is 17.9 Å². The minimum atomic E-state index is -3.88. The van der Waals surface area contributed by atoms with Crippen LogP contribution in [0, 0.1) is 17.0 Å². The van der Waals surface area contributed by atoms with Crippen LogP contribution >= 0.6 is 11.6 Å². The molecule has 2 aromatic rings. The number of carbonyl (C=O) groups excluding carboxylic acids is 1. The van der Waals surface area contributed by atoms with Crippen molar-refractivity contribution < 1.29 is 18.1 Å². The number of benzene rings is 2. The van der Waals surface area contributed by atoms with E-state index < -0.39 is 26.9 Å². The number of nitro benzene ring substituents is 1. The Morgan fingerprint density at radius 2 is 1.86 bits per heavy atom. The number of nitro groups is 1. The molecule has 2 rings (SSSR count). The van der Waals surface area contributed by atoms with E-state index in [0.29, 0.717) is 10.6 Å². The quantitative estimate of drug-likeness (QED) is 0.541. The lowest BCUT2D eigenvalue weighted by atomic mass is 10.1. The van der Waals surface area contributed by atoms with E-state index in [2.05, 4.69) is 5.32 Å². The van der Waals surface area contributed by atoms with Gasteiger partial charge in [-0.1, -0.05) is 29.8 Å². The zero-order valence-corrected chi connectivity index (χ0v) is 17.1. The predicted octanol–water partition coefficient (Wildman–Crippen LogP) is 3.03. The van der Waals surface area contributed by atoms with Gasteiger partial charge < -0.3 is 5.32 Å². The zero-order valence-electron chi connectivity index (χ0n) is 15.5. The number of amides is 1. The highest BCUT2D eigenvalue weighted by Gasteiger charge is 2.31. The van der Waals surface area contributed by atoms with E-state index in [1.807, 2.05) is 0 Å². The van der Waals surface area contributed by atoms with Gasteiger partial charge in [0.2, 0.25) is 15.9 Å². The van der Waals surface area contributed by atoms with Crippen LogP contribution in [0.2, 0.25) is 5.02 Å². The molecule has 0 heterocycles. The van der Waals surface area contributed by atoms with E-state index in [4.69, 9.17) is 11.6 Å². The van der Waals surface area contributed by atoms with Crippen molar-refractivity contribution in [2.24, 2.45) is 0 Å². The molecule has 0 fully saturated rings. The van der Waals surface area contributed by atoms with E-state index in [1.165, 1.54) is 19.1 Å². The fourth-order valence-electron chi connectivity index (χ4n) is 2.67. The van der Waals surface area contributed by atoms with Crippen molar-refractivity contribution >= 4 is 38.9 Å². The van der Waals surface area contributed by atoms with Crippen LogP contribution < -0.4 is 9.62 Å². The summed E-state index contributed by atoms with van der Waals surface area (Å²) in [6, 6.07) is 9.62. The van der Waals surface area contributed by atoms with E-state index in [9.17, 15) is 23.3 Å². The molecule has 0 aliphatic rings. The smallest absolute Gasteiger partial charge is 0.271 e. The van der Waals surface area contributed by atoms with E-state index >= 15 is 0 Å². The topological polar surface area (TPSA) is 110 Å². The second-order valence-corrected chi connectivity index (χ2v) is 8.60. The fourth-order valence-corrected chi connectivity index (χ4v) is 4.02. The van der Waals surface area contributed by atoms with Crippen LogP contribution in [-0.4, -0.2) is 31.5 Å². The van der Waals surface area contributed by atoms with Crippen molar-refractivity contribution in [2.75, 3.05) is 10.6 Å². The summed E-state index contributed by atoms with van der Waals surface area (Å²) in [5, 5.41) is 14.3. The molecule has 0 unspecified atom stereocenters. The molecule has 0 aliphatic heterocycles. The first kappa shape index (κ1) is 21.6. The van der Waals surface area contributed by atoms with Gasteiger partial charge in [-0.25, -0.2) is 8.42 Å². The van der Waals surface area contributed by atoms with E-state index in [0.717, 1.165) is 22.2 Å². The third-order valence-electron chi connectivity index (χ3n) is 4.11. The van der Waals surface area contributed by atoms with Crippen LogP contribution in [0.3, 0.4) is 0 Å². The molecule has 2 aromatic carbocycles. The number of aryl methyl sites for hydroxylation is 1. The van der Waals surface area contributed by atoms with Gasteiger partial charge in [-0.3, -0.25) is 19.2 Å². The van der Waals surface area contributed by atoms with Crippen molar-refractivity contribution in [1.82, 2.24) is 5.32 Å². The van der Waals surface area contributed by atoms with Crippen LogP contribution in [0.4, 0.5) is 11.4 Å². The Kier molecular flexibility index (Phi) is 6.63. The Labute approximate surface area is 168 Å². The molecular formula is C18H20ClN3O5S. The molecule has 0 radical (unpaired) electrons. The minimum absolute atomic E-state index is 0.0887. The van der Waals surface area contributed by atoms with Gasteiger partial charge in [-0.2, -0.15) is 0 Å². The Morgan fingerprint density at radius 1 is 1.25 bits per heavy atom. The molecule has 0 saturated heterocycles. The SMILES string of the molecule is Cc1ccc([N+](=O)[O-])cc1N([C@@H](C)C(=O)NCc1ccc(Cl)cc1)S(C)(=O)=O. The third-order valence-corrected chi connectivity index (χ3v) is 5.59.